The van der Waals surface area contributed by atoms with Crippen LogP contribution in [-0.4, -0.2) is 23.9 Å². The Kier molecular flexibility index (Phi) is 4.42. The molecule has 0 amide bonds. The number of hydrogen-bond donors (Lipinski definition) is 1. The molecular formula is C14H23FN2. The van der Waals surface area contributed by atoms with Crippen molar-refractivity contribution in [3.63, 3.8) is 0 Å². The minimum Gasteiger partial charge on any atom is -0.247 e. The van der Waals surface area contributed by atoms with Gasteiger partial charge in [-0.2, -0.15) is 0 Å². The molecule has 1 N–H and O–H groups in total. The maximum Gasteiger partial charge on any atom is 0.155 e. The third-order valence-electron chi connectivity index (χ3n) is 4.08. The van der Waals surface area contributed by atoms with Gasteiger partial charge in [-0.3, -0.25) is 0 Å². The lowest BCUT2D eigenvalue weighted by atomic mass is 9.74. The molecule has 96 valence electrons. The minimum absolute atomic E-state index is 0.169. The highest BCUT2D eigenvalue weighted by Gasteiger charge is 2.39. The summed E-state index contributed by atoms with van der Waals surface area (Å²) in [5.41, 5.74) is 3.60. The van der Waals surface area contributed by atoms with Crippen LogP contribution in [0.25, 0.3) is 0 Å². The van der Waals surface area contributed by atoms with E-state index in [4.69, 9.17) is 0 Å². The van der Waals surface area contributed by atoms with Crippen LogP contribution >= 0.6 is 0 Å². The van der Waals surface area contributed by atoms with Crippen LogP contribution in [0.4, 0.5) is 4.39 Å². The smallest absolute Gasteiger partial charge is 0.155 e. The minimum atomic E-state index is -0.391. The van der Waals surface area contributed by atoms with Crippen LogP contribution in [0.15, 0.2) is 0 Å². The van der Waals surface area contributed by atoms with Gasteiger partial charge in [-0.05, 0) is 32.1 Å². The molecule has 0 aromatic heterocycles. The molecule has 17 heavy (non-hydrogen) atoms. The molecule has 2 rings (SSSR count). The second-order valence-corrected chi connectivity index (χ2v) is 5.50. The van der Waals surface area contributed by atoms with E-state index in [1.807, 2.05) is 6.92 Å². The van der Waals surface area contributed by atoms with Crippen molar-refractivity contribution in [1.82, 2.24) is 10.4 Å². The van der Waals surface area contributed by atoms with Gasteiger partial charge >= 0.3 is 0 Å². The average molecular weight is 238 g/mol. The number of nitrogens with zero attached hydrogens (tertiary/aromatic N) is 1. The van der Waals surface area contributed by atoms with Gasteiger partial charge in [-0.25, -0.2) is 14.8 Å². The number of nitrogens with one attached hydrogen (secondary N) is 1. The Morgan fingerprint density at radius 3 is 2.76 bits per heavy atom. The van der Waals surface area contributed by atoms with E-state index in [-0.39, 0.29) is 5.54 Å². The van der Waals surface area contributed by atoms with Crippen LogP contribution in [0, 0.1) is 17.8 Å². The van der Waals surface area contributed by atoms with Crippen molar-refractivity contribution in [1.29, 1.82) is 0 Å². The predicted octanol–water partition coefficient (Wildman–Crippen LogP) is 2.86. The fourth-order valence-electron chi connectivity index (χ4n) is 3.36. The molecule has 1 saturated carbocycles. The van der Waals surface area contributed by atoms with E-state index in [0.29, 0.717) is 5.92 Å². The maximum absolute atomic E-state index is 12.9. The highest BCUT2D eigenvalue weighted by atomic mass is 19.1. The van der Waals surface area contributed by atoms with Crippen LogP contribution in [0.2, 0.25) is 0 Å². The Bertz CT molecular complexity index is 299. The standard InChI is InChI=1S/C14H23FN2/c1-2-3-7-13-10-14(8-5-4-6-9-14)16-17(11-13)12-15/h13,16H,4-12H2,1H3. The van der Waals surface area contributed by atoms with Crippen molar-refractivity contribution in [2.24, 2.45) is 5.92 Å². The summed E-state index contributed by atoms with van der Waals surface area (Å²) in [7, 11) is 0. The van der Waals surface area contributed by atoms with Gasteiger partial charge in [0.1, 0.15) is 0 Å². The molecule has 1 aliphatic heterocycles. The van der Waals surface area contributed by atoms with Crippen LogP contribution in [0.5, 0.6) is 0 Å². The van der Waals surface area contributed by atoms with Gasteiger partial charge in [0.15, 0.2) is 6.80 Å². The van der Waals surface area contributed by atoms with Gasteiger partial charge in [-0.15, -0.1) is 11.8 Å². The number of halogens is 1. The van der Waals surface area contributed by atoms with Crippen molar-refractivity contribution < 1.29 is 4.39 Å². The molecule has 1 spiro atoms. The fourth-order valence-corrected chi connectivity index (χ4v) is 3.36. The zero-order valence-corrected chi connectivity index (χ0v) is 10.8. The van der Waals surface area contributed by atoms with E-state index < -0.39 is 6.80 Å². The zero-order valence-electron chi connectivity index (χ0n) is 10.8. The van der Waals surface area contributed by atoms with Gasteiger partial charge in [0.2, 0.25) is 0 Å². The van der Waals surface area contributed by atoms with E-state index in [9.17, 15) is 4.39 Å². The lowest BCUT2D eigenvalue weighted by Gasteiger charge is -2.48. The fraction of sp³-hybridized carbons (Fsp3) is 0.857. The summed E-state index contributed by atoms with van der Waals surface area (Å²) in [6.45, 7) is 2.29. The molecule has 0 bridgehead atoms. The van der Waals surface area contributed by atoms with Gasteiger partial charge in [0.05, 0.1) is 0 Å². The van der Waals surface area contributed by atoms with Crippen LogP contribution < -0.4 is 5.43 Å². The van der Waals surface area contributed by atoms with E-state index in [1.165, 1.54) is 32.1 Å². The lowest BCUT2D eigenvalue weighted by molar-refractivity contribution is -0.0255. The Balaban J connectivity index is 2.02. The Labute approximate surface area is 104 Å². The lowest BCUT2D eigenvalue weighted by Crippen LogP contribution is -2.61. The van der Waals surface area contributed by atoms with Crippen molar-refractivity contribution in [3.8, 4) is 11.8 Å². The molecule has 1 heterocycles. The van der Waals surface area contributed by atoms with Crippen LogP contribution in [-0.2, 0) is 0 Å². The maximum atomic E-state index is 12.9. The van der Waals surface area contributed by atoms with Crippen LogP contribution in [0.1, 0.15) is 51.9 Å². The van der Waals surface area contributed by atoms with Crippen molar-refractivity contribution in [3.05, 3.63) is 0 Å². The van der Waals surface area contributed by atoms with Gasteiger partial charge in [0.25, 0.3) is 0 Å². The number of hydrogen-bond acceptors (Lipinski definition) is 2. The first kappa shape index (κ1) is 12.9. The molecule has 1 unspecified atom stereocenters. The number of alkyl halides is 1. The van der Waals surface area contributed by atoms with Crippen molar-refractivity contribution >= 4 is 0 Å². The second-order valence-electron chi connectivity index (χ2n) is 5.50. The Hall–Kier alpha value is -0.590. The van der Waals surface area contributed by atoms with E-state index in [2.05, 4.69) is 17.3 Å². The topological polar surface area (TPSA) is 15.3 Å². The summed E-state index contributed by atoms with van der Waals surface area (Å²) in [4.78, 5) is 0. The summed E-state index contributed by atoms with van der Waals surface area (Å²) in [5, 5.41) is 1.76. The van der Waals surface area contributed by atoms with Gasteiger partial charge in [-0.1, -0.05) is 19.3 Å². The number of rotatable bonds is 2. The van der Waals surface area contributed by atoms with Gasteiger partial charge in [0, 0.05) is 18.5 Å². The first-order chi connectivity index (χ1) is 8.28. The average Bonchev–Trinajstić information content (AvgIpc) is 2.36. The molecule has 1 atom stereocenters. The quantitative estimate of drug-likeness (QED) is 0.588. The molecule has 2 nitrogen and oxygen atoms in total. The second kappa shape index (κ2) is 5.84. The highest BCUT2D eigenvalue weighted by Crippen LogP contribution is 2.37. The van der Waals surface area contributed by atoms with Crippen molar-refractivity contribution in [2.45, 2.75) is 57.4 Å². The molecule has 2 fully saturated rings. The molecule has 0 aromatic carbocycles. The van der Waals surface area contributed by atoms with Crippen LogP contribution in [0.3, 0.4) is 0 Å². The molecule has 2 aliphatic rings. The molecule has 0 aromatic rings. The summed E-state index contributed by atoms with van der Waals surface area (Å²) in [6, 6.07) is 0. The molecule has 1 saturated heterocycles. The number of hydrazine groups is 1. The molecule has 1 aliphatic carbocycles. The van der Waals surface area contributed by atoms with E-state index in [0.717, 1.165) is 19.4 Å². The van der Waals surface area contributed by atoms with Gasteiger partial charge < -0.3 is 0 Å². The third-order valence-corrected chi connectivity index (χ3v) is 4.08. The predicted molar refractivity (Wildman–Crippen MR) is 67.8 cm³/mol. The molecule has 3 heteroatoms. The highest BCUT2D eigenvalue weighted by molar-refractivity contribution is 5.01. The summed E-state index contributed by atoms with van der Waals surface area (Å²) in [6.07, 6.45) is 8.35. The molecule has 0 radical (unpaired) electrons. The normalized spacial score (nSPS) is 28.7. The monoisotopic (exact) mass is 238 g/mol. The first-order valence-corrected chi connectivity index (χ1v) is 6.76. The Morgan fingerprint density at radius 2 is 2.12 bits per heavy atom. The summed E-state index contributed by atoms with van der Waals surface area (Å²) in [5.74, 6) is 6.64. The van der Waals surface area contributed by atoms with E-state index >= 15 is 0 Å². The first-order valence-electron chi connectivity index (χ1n) is 6.76. The van der Waals surface area contributed by atoms with E-state index in [1.54, 1.807) is 5.01 Å². The zero-order chi connectivity index (χ0) is 12.1. The summed E-state index contributed by atoms with van der Waals surface area (Å²) >= 11 is 0. The largest absolute Gasteiger partial charge is 0.247 e. The third kappa shape index (κ3) is 3.20. The molecular weight excluding hydrogens is 215 g/mol. The van der Waals surface area contributed by atoms with Crippen molar-refractivity contribution in [2.75, 3.05) is 13.3 Å². The Morgan fingerprint density at radius 1 is 1.35 bits per heavy atom. The SMILES string of the molecule is CC#CCC1CN(CF)NC2(CCCCC2)C1. The summed E-state index contributed by atoms with van der Waals surface area (Å²) < 4.78 is 12.9.